The van der Waals surface area contributed by atoms with Gasteiger partial charge >= 0.3 is 17.9 Å². The number of aliphatic hydroxyl groups is 2. The first kappa shape index (κ1) is 57.1. The number of hydrogen-bond acceptors (Lipinski definition) is 11. The van der Waals surface area contributed by atoms with Crippen molar-refractivity contribution >= 4 is 58.4 Å². The molecule has 4 aromatic rings. The zero-order valence-corrected chi connectivity index (χ0v) is 41.1. The molecule has 2 heterocycles. The molecule has 380 valence electrons. The van der Waals surface area contributed by atoms with Crippen LogP contribution < -0.4 is 11.1 Å². The highest BCUT2D eigenvalue weighted by Crippen LogP contribution is 2.30. The van der Waals surface area contributed by atoms with Gasteiger partial charge in [-0.1, -0.05) is 71.7 Å². The minimum absolute atomic E-state index is 0.00937. The van der Waals surface area contributed by atoms with Crippen LogP contribution in [0, 0.1) is 22.5 Å². The molecule has 15 nitrogen and oxygen atoms in total. The quantitative estimate of drug-likeness (QED) is 0.0420. The van der Waals surface area contributed by atoms with Crippen LogP contribution in [-0.4, -0.2) is 112 Å². The van der Waals surface area contributed by atoms with Crippen LogP contribution in [-0.2, 0) is 41.5 Å². The molecule has 1 amide bonds. The Hall–Kier alpha value is -6.50. The van der Waals surface area contributed by atoms with Gasteiger partial charge in [-0.05, 0) is 112 Å². The van der Waals surface area contributed by atoms with E-state index in [0.717, 1.165) is 11.1 Å². The molecule has 4 aromatic carbocycles. The van der Waals surface area contributed by atoms with E-state index in [0.29, 0.717) is 76.4 Å². The molecule has 2 aliphatic rings. The molecule has 19 heteroatoms. The molecule has 0 aliphatic carbocycles. The van der Waals surface area contributed by atoms with E-state index in [-0.39, 0.29) is 36.6 Å². The fourth-order valence-electron chi connectivity index (χ4n) is 7.36. The highest BCUT2D eigenvalue weighted by atomic mass is 35.5. The first-order valence-corrected chi connectivity index (χ1v) is 23.2. The smallest absolute Gasteiger partial charge is 0.354 e. The number of nitrogens with zero attached hydrogens (tertiary/aromatic N) is 2. The second kappa shape index (κ2) is 26.6. The number of nitrogens with two attached hydrogens (primary N) is 1. The van der Waals surface area contributed by atoms with Gasteiger partial charge in [-0.25, -0.2) is 13.6 Å². The summed E-state index contributed by atoms with van der Waals surface area (Å²) >= 11 is 11.9. The van der Waals surface area contributed by atoms with Crippen molar-refractivity contribution in [1.82, 2.24) is 5.32 Å². The van der Waals surface area contributed by atoms with Gasteiger partial charge < -0.3 is 46.1 Å². The summed E-state index contributed by atoms with van der Waals surface area (Å²) in [4.78, 5) is 54.1. The molecule has 0 fully saturated rings. The largest absolute Gasteiger partial charge is 0.496 e. The predicted molar refractivity (Wildman–Crippen MR) is 268 cm³/mol. The fraction of sp³-hybridized carbons (Fsp3) is 0.346. The Labute approximate surface area is 420 Å². The van der Waals surface area contributed by atoms with Crippen LogP contribution in [0.2, 0.25) is 10.0 Å². The molecule has 4 atom stereocenters. The Balaban J connectivity index is 0.000000263. The third-order valence-corrected chi connectivity index (χ3v) is 11.8. The van der Waals surface area contributed by atoms with Crippen LogP contribution in [0.3, 0.4) is 0 Å². The Bertz CT molecular complexity index is 2640. The topological polar surface area (TPSA) is 251 Å². The minimum Gasteiger partial charge on any atom is -0.496 e. The first-order chi connectivity index (χ1) is 33.6. The van der Waals surface area contributed by atoms with Crippen LogP contribution >= 0.6 is 23.2 Å². The second-order valence-corrected chi connectivity index (χ2v) is 18.1. The lowest BCUT2D eigenvalue weighted by atomic mass is 9.82. The Morgan fingerprint density at radius 3 is 1.51 bits per heavy atom. The highest BCUT2D eigenvalue weighted by Gasteiger charge is 2.37. The predicted octanol–water partition coefficient (Wildman–Crippen LogP) is 7.96. The highest BCUT2D eigenvalue weighted by molar-refractivity contribution is 6.44. The molecule has 0 unspecified atom stereocenters. The molecule has 0 saturated heterocycles. The summed E-state index contributed by atoms with van der Waals surface area (Å²) in [6.07, 6.45) is 3.91. The molecule has 6 rings (SSSR count). The van der Waals surface area contributed by atoms with E-state index in [4.69, 9.17) is 43.5 Å². The summed E-state index contributed by atoms with van der Waals surface area (Å²) in [5.41, 5.74) is 7.43. The van der Waals surface area contributed by atoms with Gasteiger partial charge in [0.25, 0.3) is 5.91 Å². The number of ether oxygens (including phenoxy) is 2. The number of halogens is 4. The average molecular weight is 1020 g/mol. The van der Waals surface area contributed by atoms with Gasteiger partial charge in [-0.3, -0.25) is 24.4 Å². The van der Waals surface area contributed by atoms with Crippen LogP contribution in [0.1, 0.15) is 51.7 Å². The lowest BCUT2D eigenvalue weighted by Gasteiger charge is -2.28. The van der Waals surface area contributed by atoms with Crippen molar-refractivity contribution in [3.05, 3.63) is 141 Å². The minimum atomic E-state index is -1.45. The van der Waals surface area contributed by atoms with Crippen LogP contribution in [0.15, 0.2) is 119 Å². The van der Waals surface area contributed by atoms with Gasteiger partial charge in [-0.15, -0.1) is 0 Å². The van der Waals surface area contributed by atoms with Gasteiger partial charge in [0, 0.05) is 45.4 Å². The van der Waals surface area contributed by atoms with Crippen LogP contribution in [0.25, 0.3) is 22.3 Å². The van der Waals surface area contributed by atoms with E-state index in [1.54, 1.807) is 54.6 Å². The third kappa shape index (κ3) is 16.8. The molecule has 2 aliphatic heterocycles. The summed E-state index contributed by atoms with van der Waals surface area (Å²) < 4.78 is 38.6. The second-order valence-electron chi connectivity index (χ2n) is 17.2. The standard InChI is InChI=1S/C26H28ClFN2O5.C19H21ClFNO3.C7H9NO3/c1-3-35-20-12-23(29-14-20)24(32)30-19(13-26(2,15-31)25(33)34)10-16-4-6-17(7-5-16)21-11-18(27)8-9-22(21)28;1-19(11-23,18(24)25)10-15(22)8-12-2-4-13(5-3-12)16-9-14(20)6-7-17(16)21;1-2-11-5-3-6(7(9)10)8-4-5/h4-9,11-12,19,31H,3,10,13-15H2,1-2H3,(H,30,32)(H,33,34);2-7,9,15,23H,8,10-11,22H2,1H3,(H,24,25);3H,2,4H2,1H3,(H,9,10)/t19-,26+;15-,19+;/m11./s1. The molecule has 0 bridgehead atoms. The van der Waals surface area contributed by atoms with Crippen molar-refractivity contribution in [2.75, 3.05) is 39.5 Å². The lowest BCUT2D eigenvalue weighted by molar-refractivity contribution is -0.152. The number of nitrogens with one attached hydrogen (secondary N) is 1. The van der Waals surface area contributed by atoms with Crippen molar-refractivity contribution < 1.29 is 63.0 Å². The summed E-state index contributed by atoms with van der Waals surface area (Å²) in [6.45, 7) is 7.17. The lowest BCUT2D eigenvalue weighted by Crippen LogP contribution is -2.45. The number of rotatable bonds is 21. The summed E-state index contributed by atoms with van der Waals surface area (Å²) in [5.74, 6) is -3.22. The Morgan fingerprint density at radius 1 is 0.676 bits per heavy atom. The molecule has 8 N–H and O–H groups in total. The van der Waals surface area contributed by atoms with Gasteiger partial charge in [0.15, 0.2) is 0 Å². The molecular weight excluding hydrogens is 965 g/mol. The number of aliphatic carboxylic acids is 3. The number of hydrogen-bond donors (Lipinski definition) is 7. The van der Waals surface area contributed by atoms with E-state index < -0.39 is 65.8 Å². The van der Waals surface area contributed by atoms with Gasteiger partial charge in [0.2, 0.25) is 0 Å². The molecule has 0 aromatic heterocycles. The van der Waals surface area contributed by atoms with E-state index in [2.05, 4.69) is 15.3 Å². The number of carboxylic acid groups (broad SMARTS) is 3. The van der Waals surface area contributed by atoms with Gasteiger partial charge in [-0.2, -0.15) is 0 Å². The third-order valence-electron chi connectivity index (χ3n) is 11.4. The average Bonchev–Trinajstić information content (AvgIpc) is 4.02. The number of benzene rings is 4. The molecule has 0 saturated carbocycles. The van der Waals surface area contributed by atoms with Crippen molar-refractivity contribution in [3.63, 3.8) is 0 Å². The number of carbonyl (C=O) groups is 4. The SMILES string of the molecule is CCOC1=CC(C(=O)N[C@H](Cc2ccc(-c3cc(Cl)ccc3F)cc2)C[C@@](C)(CO)C(=O)O)=NC1.CCOC1=CC(C(=O)O)=NC1.C[C@@](CO)(C[C@H](N)Cc1ccc(-c2cc(Cl)ccc2F)cc1)C(=O)O. The van der Waals surface area contributed by atoms with Crippen molar-refractivity contribution in [2.24, 2.45) is 26.5 Å². The number of amides is 1. The monoisotopic (exact) mass is 1020 g/mol. The molecule has 0 radical (unpaired) electrons. The van der Waals surface area contributed by atoms with E-state index in [9.17, 15) is 48.4 Å². The van der Waals surface area contributed by atoms with E-state index >= 15 is 0 Å². The van der Waals surface area contributed by atoms with Crippen molar-refractivity contribution in [1.29, 1.82) is 0 Å². The molecule has 0 spiro atoms. The first-order valence-electron chi connectivity index (χ1n) is 22.5. The Kier molecular flexibility index (Phi) is 21.4. The number of carbonyl (C=O) groups excluding carboxylic acids is 1. The normalized spacial score (nSPS) is 15.3. The van der Waals surface area contributed by atoms with E-state index in [1.165, 1.54) is 44.2 Å². The number of carboxylic acids is 3. The maximum atomic E-state index is 14.2. The van der Waals surface area contributed by atoms with Crippen molar-refractivity contribution in [3.8, 4) is 22.3 Å². The van der Waals surface area contributed by atoms with Crippen LogP contribution in [0.4, 0.5) is 8.78 Å². The summed E-state index contributed by atoms with van der Waals surface area (Å²) in [7, 11) is 0. The maximum absolute atomic E-state index is 14.2. The number of aliphatic imine (C=N–C) groups is 2. The van der Waals surface area contributed by atoms with Gasteiger partial charge in [0.1, 0.15) is 34.6 Å². The summed E-state index contributed by atoms with van der Waals surface area (Å²) in [5, 5.41) is 50.1. The molecule has 71 heavy (non-hydrogen) atoms. The maximum Gasteiger partial charge on any atom is 0.354 e. The summed E-state index contributed by atoms with van der Waals surface area (Å²) in [6, 6.07) is 21.9. The zero-order chi connectivity index (χ0) is 52.5. The van der Waals surface area contributed by atoms with Gasteiger partial charge in [0.05, 0.1) is 50.3 Å². The molecular formula is C52H58Cl2F2N4O11. The zero-order valence-electron chi connectivity index (χ0n) is 39.6. The van der Waals surface area contributed by atoms with E-state index in [1.807, 2.05) is 26.0 Å². The Morgan fingerprint density at radius 2 is 1.10 bits per heavy atom. The fourth-order valence-corrected chi connectivity index (χ4v) is 7.70. The van der Waals surface area contributed by atoms with Crippen molar-refractivity contribution in [2.45, 2.75) is 65.5 Å². The number of aliphatic hydroxyl groups excluding tert-OH is 2. The van der Waals surface area contributed by atoms with Crippen LogP contribution in [0.5, 0.6) is 0 Å².